The van der Waals surface area contributed by atoms with Gasteiger partial charge < -0.3 is 0 Å². The van der Waals surface area contributed by atoms with E-state index in [1.807, 2.05) is 0 Å². The molecule has 0 amide bonds. The van der Waals surface area contributed by atoms with Gasteiger partial charge >= 0.3 is 31.6 Å². The summed E-state index contributed by atoms with van der Waals surface area (Å²) in [5.41, 5.74) is 0.0185. The molecule has 0 unspecified atom stereocenters. The van der Waals surface area contributed by atoms with E-state index in [0.717, 1.165) is 0 Å². The molecule has 0 fully saturated rings. The predicted octanol–water partition coefficient (Wildman–Crippen LogP) is -0.947. The van der Waals surface area contributed by atoms with Crippen LogP contribution in [0.4, 0.5) is 0 Å². The zero-order chi connectivity index (χ0) is 4.28. The summed E-state index contributed by atoms with van der Waals surface area (Å²) >= 11 is 0. The van der Waals surface area contributed by atoms with E-state index in [2.05, 4.69) is 7.37 Å². The van der Waals surface area contributed by atoms with Gasteiger partial charge in [-0.2, -0.15) is 0 Å². The van der Waals surface area contributed by atoms with Gasteiger partial charge in [-0.3, -0.25) is 0 Å². The van der Waals surface area contributed by atoms with Crippen LogP contribution < -0.4 is 0 Å². The SMILES string of the molecule is B=BC(C)=O. The van der Waals surface area contributed by atoms with E-state index in [-0.39, 0.29) is 5.68 Å². The van der Waals surface area contributed by atoms with Crippen LogP contribution in [0.3, 0.4) is 0 Å². The molecule has 0 radical (unpaired) electrons. The minimum absolute atomic E-state index is 0.0185. The standard InChI is InChI=1S/C2H4B2O/c1-2(5)4-3/h3H,1H3. The first-order chi connectivity index (χ1) is 2.27. The van der Waals surface area contributed by atoms with Crippen LogP contribution >= 0.6 is 0 Å². The van der Waals surface area contributed by atoms with Crippen molar-refractivity contribution in [2.45, 2.75) is 6.92 Å². The molecule has 0 N–H and O–H groups in total. The number of carbonyl (C=O) groups excluding carboxylic acids is 1. The second-order valence-electron chi connectivity index (χ2n) is 0.815. The van der Waals surface area contributed by atoms with Crippen LogP contribution in [-0.2, 0) is 4.79 Å². The molecule has 0 bridgehead atoms. The average molecular weight is 65.7 g/mol. The van der Waals surface area contributed by atoms with Crippen molar-refractivity contribution in [3.8, 4) is 0 Å². The third kappa shape index (κ3) is 3.80. The summed E-state index contributed by atoms with van der Waals surface area (Å²) < 4.78 is 0. The quantitative estimate of drug-likeness (QED) is 0.360. The van der Waals surface area contributed by atoms with Crippen molar-refractivity contribution in [1.82, 2.24) is 0 Å². The van der Waals surface area contributed by atoms with E-state index in [9.17, 15) is 4.79 Å². The molecule has 1 nitrogen and oxygen atoms in total. The molecule has 0 atom stereocenters. The molecule has 0 heterocycles. The van der Waals surface area contributed by atoms with Crippen LogP contribution in [0.2, 0.25) is 0 Å². The average Bonchev–Trinajstić information content (AvgIpc) is 1.38. The van der Waals surface area contributed by atoms with Gasteiger partial charge in [-0.05, 0) is 0 Å². The molecule has 0 aliphatic heterocycles. The molecule has 0 aliphatic carbocycles. The molecule has 0 aliphatic rings. The van der Waals surface area contributed by atoms with Crippen molar-refractivity contribution in [2.75, 3.05) is 0 Å². The summed E-state index contributed by atoms with van der Waals surface area (Å²) in [6, 6.07) is 0. The van der Waals surface area contributed by atoms with Crippen LogP contribution in [0.15, 0.2) is 0 Å². The van der Waals surface area contributed by atoms with Crippen molar-refractivity contribution < 1.29 is 4.79 Å². The molecule has 0 saturated carbocycles. The van der Waals surface area contributed by atoms with E-state index in [1.54, 1.807) is 0 Å². The second-order valence-corrected chi connectivity index (χ2v) is 0.815. The van der Waals surface area contributed by atoms with E-state index in [0.29, 0.717) is 0 Å². The molecule has 3 heteroatoms. The Balaban J connectivity index is 3.20. The maximum absolute atomic E-state index is 9.69. The maximum atomic E-state index is 9.69. The van der Waals surface area contributed by atoms with Gasteiger partial charge in [0.1, 0.15) is 0 Å². The molecule has 24 valence electrons. The summed E-state index contributed by atoms with van der Waals surface area (Å²) in [4.78, 5) is 9.69. The third-order valence-corrected chi connectivity index (χ3v) is 0.287. The second kappa shape index (κ2) is 2.06. The minimum atomic E-state index is 0.0185. The van der Waals surface area contributed by atoms with Crippen LogP contribution in [0, 0.1) is 0 Å². The van der Waals surface area contributed by atoms with Gasteiger partial charge in [-0.1, -0.05) is 0 Å². The van der Waals surface area contributed by atoms with Gasteiger partial charge in [0.2, 0.25) is 0 Å². The Morgan fingerprint density at radius 1 is 2.00 bits per heavy atom. The molecule has 0 aromatic rings. The molecule has 0 rings (SSSR count). The number of carbonyl (C=O) groups is 1. The first kappa shape index (κ1) is 4.80. The molecule has 0 saturated heterocycles. The number of rotatable bonds is 1. The summed E-state index contributed by atoms with van der Waals surface area (Å²) in [7, 11) is 3.21. The van der Waals surface area contributed by atoms with Crippen molar-refractivity contribution >= 4 is 19.9 Å². The molecule has 0 aromatic carbocycles. The predicted molar refractivity (Wildman–Crippen MR) is 23.6 cm³/mol. The Bertz CT molecular complexity index is 58.7. The molecular formula is C2H4B2O. The van der Waals surface area contributed by atoms with E-state index >= 15 is 0 Å². The molecule has 5 heavy (non-hydrogen) atoms. The van der Waals surface area contributed by atoms with E-state index in [1.165, 1.54) is 13.7 Å². The summed E-state index contributed by atoms with van der Waals surface area (Å²) in [5, 5.41) is 0. The van der Waals surface area contributed by atoms with Crippen LogP contribution in [-0.4, -0.2) is 19.9 Å². The third-order valence-electron chi connectivity index (χ3n) is 0.287. The zero-order valence-corrected chi connectivity index (χ0v) is 3.19. The van der Waals surface area contributed by atoms with E-state index < -0.39 is 0 Å². The first-order valence-electron chi connectivity index (χ1n) is 1.40. The summed E-state index contributed by atoms with van der Waals surface area (Å²) in [6.07, 6.45) is 0. The number of hydrogen-bond donors (Lipinski definition) is 0. The topological polar surface area (TPSA) is 17.1 Å². The normalized spacial score (nSPS) is 5.60. The monoisotopic (exact) mass is 66.0 g/mol. The Morgan fingerprint density at radius 2 is 2.20 bits per heavy atom. The zero-order valence-electron chi connectivity index (χ0n) is 3.19. The van der Waals surface area contributed by atoms with Gasteiger partial charge in [-0.25, -0.2) is 0 Å². The summed E-state index contributed by atoms with van der Waals surface area (Å²) in [6.45, 7) is 2.74. The van der Waals surface area contributed by atoms with Crippen molar-refractivity contribution in [1.29, 1.82) is 0 Å². The number of hydrogen-bond acceptors (Lipinski definition) is 1. The van der Waals surface area contributed by atoms with Crippen LogP contribution in [0.5, 0.6) is 0 Å². The van der Waals surface area contributed by atoms with Crippen molar-refractivity contribution in [3.05, 3.63) is 0 Å². The fourth-order valence-corrected chi connectivity index (χ4v) is 0. The van der Waals surface area contributed by atoms with Gasteiger partial charge in [0.05, 0.1) is 0 Å². The van der Waals surface area contributed by atoms with Crippen molar-refractivity contribution in [2.24, 2.45) is 0 Å². The van der Waals surface area contributed by atoms with Gasteiger partial charge in [0.25, 0.3) is 0 Å². The molecule has 0 aromatic heterocycles. The van der Waals surface area contributed by atoms with Crippen LogP contribution in [0.25, 0.3) is 0 Å². The van der Waals surface area contributed by atoms with Crippen molar-refractivity contribution in [3.63, 3.8) is 0 Å². The Labute approximate surface area is 32.7 Å². The molecule has 0 spiro atoms. The fraction of sp³-hybridized carbons (Fsp3) is 0.500. The van der Waals surface area contributed by atoms with E-state index in [4.69, 9.17) is 0 Å². The first-order valence-corrected chi connectivity index (χ1v) is 1.40. The fourth-order valence-electron chi connectivity index (χ4n) is 0. The Hall–Kier alpha value is -0.200. The molecular weight excluding hydrogens is 61.6 g/mol. The Kier molecular flexibility index (Phi) is 1.98. The Morgan fingerprint density at radius 3 is 2.20 bits per heavy atom. The van der Waals surface area contributed by atoms with Gasteiger partial charge in [0.15, 0.2) is 0 Å². The van der Waals surface area contributed by atoms with Gasteiger partial charge in [0, 0.05) is 0 Å². The van der Waals surface area contributed by atoms with Crippen LogP contribution in [0.1, 0.15) is 6.92 Å². The summed E-state index contributed by atoms with van der Waals surface area (Å²) in [5.74, 6) is 0. The van der Waals surface area contributed by atoms with Gasteiger partial charge in [-0.15, -0.1) is 0 Å².